The molecule has 0 unspecified atom stereocenters. The van der Waals surface area contributed by atoms with Crippen LogP contribution in [0.2, 0.25) is 0 Å². The van der Waals surface area contributed by atoms with Crippen molar-refractivity contribution >= 4 is 17.7 Å². The monoisotopic (exact) mass is 395 g/mol. The molecule has 0 atom stereocenters. The summed E-state index contributed by atoms with van der Waals surface area (Å²) >= 11 is 1.84. The zero-order valence-electron chi connectivity index (χ0n) is 16.2. The molecule has 0 spiro atoms. The SMILES string of the molecule is Cn1ccnc1SC1CCC(NC(=O)c2cnc(-c3ccccc3)n2C)CC1. The van der Waals surface area contributed by atoms with E-state index in [4.69, 9.17) is 0 Å². The van der Waals surface area contributed by atoms with Crippen molar-refractivity contribution in [2.45, 2.75) is 42.1 Å². The number of hydrogen-bond acceptors (Lipinski definition) is 4. The Labute approximate surface area is 169 Å². The lowest BCUT2D eigenvalue weighted by molar-refractivity contribution is 0.0920. The second kappa shape index (κ2) is 8.22. The Morgan fingerprint density at radius 1 is 1.11 bits per heavy atom. The maximum absolute atomic E-state index is 12.8. The molecule has 7 heteroatoms. The highest BCUT2D eigenvalue weighted by Crippen LogP contribution is 2.32. The minimum Gasteiger partial charge on any atom is -0.348 e. The quantitative estimate of drug-likeness (QED) is 0.716. The number of aryl methyl sites for hydroxylation is 1. The molecule has 1 fully saturated rings. The summed E-state index contributed by atoms with van der Waals surface area (Å²) in [6.07, 6.45) is 9.65. The molecule has 6 nitrogen and oxygen atoms in total. The van der Waals surface area contributed by atoms with Crippen molar-refractivity contribution in [3.63, 3.8) is 0 Å². The molecule has 4 rings (SSSR count). The van der Waals surface area contributed by atoms with Crippen LogP contribution in [0.25, 0.3) is 11.4 Å². The van der Waals surface area contributed by atoms with Crippen LogP contribution in [0.15, 0.2) is 54.1 Å². The Kier molecular flexibility index (Phi) is 5.52. The molecule has 3 aromatic rings. The van der Waals surface area contributed by atoms with Crippen LogP contribution in [0.4, 0.5) is 0 Å². The van der Waals surface area contributed by atoms with E-state index in [0.717, 1.165) is 42.2 Å². The van der Waals surface area contributed by atoms with Crippen LogP contribution in [-0.2, 0) is 14.1 Å². The third-order valence-corrected chi connectivity index (χ3v) is 6.72. The number of amides is 1. The molecule has 0 saturated heterocycles. The summed E-state index contributed by atoms with van der Waals surface area (Å²) in [7, 11) is 3.92. The molecule has 0 radical (unpaired) electrons. The molecule has 1 amide bonds. The Bertz CT molecular complexity index is 941. The summed E-state index contributed by atoms with van der Waals surface area (Å²) in [5, 5.41) is 4.83. The number of hydrogen-bond donors (Lipinski definition) is 1. The van der Waals surface area contributed by atoms with E-state index in [1.165, 1.54) is 0 Å². The predicted molar refractivity (Wildman–Crippen MR) is 111 cm³/mol. The third kappa shape index (κ3) is 3.99. The lowest BCUT2D eigenvalue weighted by Gasteiger charge is -2.28. The summed E-state index contributed by atoms with van der Waals surface area (Å²) in [5.74, 6) is 0.762. The van der Waals surface area contributed by atoms with Gasteiger partial charge in [-0.25, -0.2) is 9.97 Å². The van der Waals surface area contributed by atoms with Gasteiger partial charge in [-0.3, -0.25) is 4.79 Å². The number of aromatic nitrogens is 4. The Morgan fingerprint density at radius 2 is 1.86 bits per heavy atom. The van der Waals surface area contributed by atoms with E-state index in [0.29, 0.717) is 10.9 Å². The molecule has 1 aliphatic rings. The Hall–Kier alpha value is -2.54. The fourth-order valence-corrected chi connectivity index (χ4v) is 4.83. The highest BCUT2D eigenvalue weighted by molar-refractivity contribution is 7.99. The van der Waals surface area contributed by atoms with E-state index < -0.39 is 0 Å². The van der Waals surface area contributed by atoms with Crippen LogP contribution < -0.4 is 5.32 Å². The fourth-order valence-electron chi connectivity index (χ4n) is 3.67. The van der Waals surface area contributed by atoms with Crippen LogP contribution in [0, 0.1) is 0 Å². The second-order valence-electron chi connectivity index (χ2n) is 7.28. The zero-order chi connectivity index (χ0) is 19.5. The van der Waals surface area contributed by atoms with Crippen molar-refractivity contribution in [3.05, 3.63) is 54.6 Å². The average Bonchev–Trinajstić information content (AvgIpc) is 3.29. The van der Waals surface area contributed by atoms with Gasteiger partial charge in [0.1, 0.15) is 11.5 Å². The first kappa shape index (κ1) is 18.8. The highest BCUT2D eigenvalue weighted by atomic mass is 32.2. The molecule has 28 heavy (non-hydrogen) atoms. The van der Waals surface area contributed by atoms with Crippen molar-refractivity contribution in [2.24, 2.45) is 14.1 Å². The van der Waals surface area contributed by atoms with E-state index in [-0.39, 0.29) is 11.9 Å². The number of nitrogens with zero attached hydrogens (tertiary/aromatic N) is 4. The molecule has 1 aromatic carbocycles. The Balaban J connectivity index is 1.34. The van der Waals surface area contributed by atoms with Crippen LogP contribution in [0.5, 0.6) is 0 Å². The van der Waals surface area contributed by atoms with Gasteiger partial charge < -0.3 is 14.5 Å². The first-order valence-corrected chi connectivity index (χ1v) is 10.5. The molecule has 146 valence electrons. The van der Waals surface area contributed by atoms with Crippen LogP contribution >= 0.6 is 11.8 Å². The maximum Gasteiger partial charge on any atom is 0.269 e. The van der Waals surface area contributed by atoms with Crippen molar-refractivity contribution in [1.29, 1.82) is 0 Å². The van der Waals surface area contributed by atoms with Gasteiger partial charge in [-0.2, -0.15) is 0 Å². The van der Waals surface area contributed by atoms with Crippen molar-refractivity contribution < 1.29 is 4.79 Å². The number of carbonyl (C=O) groups excluding carboxylic acids is 1. The number of nitrogens with one attached hydrogen (secondary N) is 1. The van der Waals surface area contributed by atoms with E-state index in [9.17, 15) is 4.79 Å². The average molecular weight is 396 g/mol. The number of imidazole rings is 2. The van der Waals surface area contributed by atoms with Gasteiger partial charge in [0.25, 0.3) is 5.91 Å². The van der Waals surface area contributed by atoms with Gasteiger partial charge in [0.15, 0.2) is 5.16 Å². The smallest absolute Gasteiger partial charge is 0.269 e. The summed E-state index contributed by atoms with van der Waals surface area (Å²) in [6.45, 7) is 0. The molecule has 0 bridgehead atoms. The number of carbonyl (C=O) groups is 1. The largest absolute Gasteiger partial charge is 0.348 e. The number of rotatable bonds is 5. The summed E-state index contributed by atoms with van der Waals surface area (Å²) < 4.78 is 3.93. The highest BCUT2D eigenvalue weighted by Gasteiger charge is 2.25. The molecular formula is C21H25N5OS. The van der Waals surface area contributed by atoms with E-state index in [1.807, 2.05) is 73.1 Å². The van der Waals surface area contributed by atoms with Crippen LogP contribution in [-0.4, -0.2) is 36.3 Å². The Morgan fingerprint density at radius 3 is 2.54 bits per heavy atom. The fraction of sp³-hybridized carbons (Fsp3) is 0.381. The van der Waals surface area contributed by atoms with Crippen LogP contribution in [0.1, 0.15) is 36.2 Å². The predicted octanol–water partition coefficient (Wildman–Crippen LogP) is 3.65. The van der Waals surface area contributed by atoms with Gasteiger partial charge in [0.05, 0.1) is 6.20 Å². The number of thioether (sulfide) groups is 1. The van der Waals surface area contributed by atoms with Crippen molar-refractivity contribution in [2.75, 3.05) is 0 Å². The van der Waals surface area contributed by atoms with Gasteiger partial charge in [-0.15, -0.1) is 0 Å². The second-order valence-corrected chi connectivity index (χ2v) is 8.55. The normalized spacial score (nSPS) is 19.5. The lowest BCUT2D eigenvalue weighted by Crippen LogP contribution is -2.38. The lowest BCUT2D eigenvalue weighted by atomic mass is 9.95. The van der Waals surface area contributed by atoms with Gasteiger partial charge in [0, 0.05) is 43.3 Å². The summed E-state index contributed by atoms with van der Waals surface area (Å²) in [4.78, 5) is 21.6. The molecular weight excluding hydrogens is 370 g/mol. The minimum atomic E-state index is -0.0441. The molecule has 1 saturated carbocycles. The molecule has 2 heterocycles. The van der Waals surface area contributed by atoms with E-state index in [2.05, 4.69) is 19.9 Å². The van der Waals surface area contributed by atoms with Gasteiger partial charge >= 0.3 is 0 Å². The van der Waals surface area contributed by atoms with Crippen molar-refractivity contribution in [1.82, 2.24) is 24.4 Å². The standard InChI is InChI=1S/C21H25N5OS/c1-25-13-12-22-21(25)28-17-10-8-16(9-11-17)24-20(27)18-14-23-19(26(18)2)15-6-4-3-5-7-15/h3-7,12-14,16-17H,8-11H2,1-2H3,(H,24,27). The molecule has 1 N–H and O–H groups in total. The first-order chi connectivity index (χ1) is 13.6. The molecule has 0 aliphatic heterocycles. The van der Waals surface area contributed by atoms with Crippen LogP contribution in [0.3, 0.4) is 0 Å². The third-order valence-electron chi connectivity index (χ3n) is 5.31. The topological polar surface area (TPSA) is 64.7 Å². The van der Waals surface area contributed by atoms with Crippen molar-refractivity contribution in [3.8, 4) is 11.4 Å². The first-order valence-electron chi connectivity index (χ1n) is 9.64. The molecule has 2 aromatic heterocycles. The summed E-state index contributed by atoms with van der Waals surface area (Å²) in [5.41, 5.74) is 1.61. The summed E-state index contributed by atoms with van der Waals surface area (Å²) in [6, 6.07) is 10.2. The number of benzene rings is 1. The van der Waals surface area contributed by atoms with Gasteiger partial charge in [-0.05, 0) is 25.7 Å². The minimum absolute atomic E-state index is 0.0441. The maximum atomic E-state index is 12.8. The van der Waals surface area contributed by atoms with Gasteiger partial charge in [-0.1, -0.05) is 42.1 Å². The van der Waals surface area contributed by atoms with E-state index >= 15 is 0 Å². The zero-order valence-corrected chi connectivity index (χ0v) is 17.0. The van der Waals surface area contributed by atoms with Gasteiger partial charge in [0.2, 0.25) is 0 Å². The van der Waals surface area contributed by atoms with E-state index in [1.54, 1.807) is 6.20 Å². The molecule has 1 aliphatic carbocycles.